The summed E-state index contributed by atoms with van der Waals surface area (Å²) in [7, 11) is -3.28. The molecule has 19 heavy (non-hydrogen) atoms. The second kappa shape index (κ2) is 6.36. The van der Waals surface area contributed by atoms with Crippen molar-refractivity contribution in [3.63, 3.8) is 0 Å². The number of rotatable bonds is 4. The topological polar surface area (TPSA) is 89.3 Å². The molecule has 5 nitrogen and oxygen atoms in total. The number of anilines is 1. The first-order chi connectivity index (χ1) is 8.16. The summed E-state index contributed by atoms with van der Waals surface area (Å²) in [6.07, 6.45) is 1.12. The molecule has 1 aromatic rings. The molecule has 0 aliphatic rings. The maximum absolute atomic E-state index is 11.9. The number of carbonyl (C=O) groups excluding carboxylic acids is 1. The number of benzene rings is 1. The number of sulfone groups is 1. The van der Waals surface area contributed by atoms with Crippen LogP contribution in [-0.2, 0) is 14.6 Å². The second-order valence-corrected chi connectivity index (χ2v) is 6.86. The van der Waals surface area contributed by atoms with Gasteiger partial charge in [-0.25, -0.2) is 8.42 Å². The van der Waals surface area contributed by atoms with E-state index in [4.69, 9.17) is 5.73 Å². The lowest BCUT2D eigenvalue weighted by molar-refractivity contribution is -0.123. The van der Waals surface area contributed by atoms with Gasteiger partial charge in [-0.15, -0.1) is 12.4 Å². The molecule has 1 rings (SSSR count). The summed E-state index contributed by atoms with van der Waals surface area (Å²) in [5.74, 6) is -0.240. The van der Waals surface area contributed by atoms with Crippen molar-refractivity contribution >= 4 is 33.8 Å². The fourth-order valence-electron chi connectivity index (χ4n) is 1.20. The van der Waals surface area contributed by atoms with E-state index in [0.717, 1.165) is 6.26 Å². The van der Waals surface area contributed by atoms with E-state index in [1.807, 2.05) is 0 Å². The van der Waals surface area contributed by atoms with Crippen LogP contribution in [-0.4, -0.2) is 27.1 Å². The zero-order valence-corrected chi connectivity index (χ0v) is 12.8. The first-order valence-electron chi connectivity index (χ1n) is 5.48. The standard InChI is InChI=1S/C12H18N2O3S.ClH/c1-12(2,8-13)11(15)14-9-5-4-6-10(7-9)18(3,16)17;/h4-7H,8,13H2,1-3H3,(H,14,15);1H. The first-order valence-corrected chi connectivity index (χ1v) is 7.37. The van der Waals surface area contributed by atoms with Crippen LogP contribution in [0, 0.1) is 5.41 Å². The van der Waals surface area contributed by atoms with E-state index in [9.17, 15) is 13.2 Å². The molecule has 0 saturated carbocycles. The fourth-order valence-corrected chi connectivity index (χ4v) is 1.86. The SMILES string of the molecule is CC(C)(CN)C(=O)Nc1cccc(S(C)(=O)=O)c1.Cl. The van der Waals surface area contributed by atoms with Crippen LogP contribution in [0.25, 0.3) is 0 Å². The molecule has 0 unspecified atom stereocenters. The molecule has 0 spiro atoms. The van der Waals surface area contributed by atoms with Crippen LogP contribution in [0.15, 0.2) is 29.2 Å². The van der Waals surface area contributed by atoms with Crippen molar-refractivity contribution in [2.24, 2.45) is 11.1 Å². The number of hydrogen-bond acceptors (Lipinski definition) is 4. The van der Waals surface area contributed by atoms with Gasteiger partial charge < -0.3 is 11.1 Å². The average Bonchev–Trinajstić information content (AvgIpc) is 2.28. The summed E-state index contributed by atoms with van der Waals surface area (Å²) in [5.41, 5.74) is 5.26. The lowest BCUT2D eigenvalue weighted by atomic mass is 9.92. The maximum Gasteiger partial charge on any atom is 0.231 e. The summed E-state index contributed by atoms with van der Waals surface area (Å²) in [6, 6.07) is 6.14. The Balaban J connectivity index is 0.00000324. The molecule has 0 fully saturated rings. The Labute approximate surface area is 119 Å². The predicted octanol–water partition coefficient (Wildman–Crippen LogP) is 1.44. The van der Waals surface area contributed by atoms with Crippen molar-refractivity contribution in [3.05, 3.63) is 24.3 Å². The number of carbonyl (C=O) groups is 1. The number of hydrogen-bond donors (Lipinski definition) is 2. The quantitative estimate of drug-likeness (QED) is 0.880. The zero-order chi connectivity index (χ0) is 14.0. The molecule has 1 amide bonds. The van der Waals surface area contributed by atoms with Gasteiger partial charge in [-0.1, -0.05) is 6.07 Å². The van der Waals surface area contributed by atoms with Crippen molar-refractivity contribution in [2.75, 3.05) is 18.1 Å². The number of nitrogens with two attached hydrogens (primary N) is 1. The molecule has 0 aliphatic heterocycles. The summed E-state index contributed by atoms with van der Waals surface area (Å²) < 4.78 is 22.8. The lowest BCUT2D eigenvalue weighted by Gasteiger charge is -2.21. The number of nitrogens with one attached hydrogen (secondary N) is 1. The number of amides is 1. The highest BCUT2D eigenvalue weighted by atomic mass is 35.5. The maximum atomic E-state index is 11.9. The molecule has 0 radical (unpaired) electrons. The van der Waals surface area contributed by atoms with E-state index in [2.05, 4.69) is 5.32 Å². The summed E-state index contributed by atoms with van der Waals surface area (Å²) in [6.45, 7) is 3.66. The molecule has 0 atom stereocenters. The molecule has 108 valence electrons. The molecule has 1 aromatic carbocycles. The van der Waals surface area contributed by atoms with Gasteiger partial charge in [0.15, 0.2) is 9.84 Å². The molecule has 7 heteroatoms. The van der Waals surface area contributed by atoms with E-state index >= 15 is 0 Å². The summed E-state index contributed by atoms with van der Waals surface area (Å²) in [5, 5.41) is 2.66. The van der Waals surface area contributed by atoms with Crippen molar-refractivity contribution in [1.82, 2.24) is 0 Å². The Kier molecular flexibility index (Phi) is 5.99. The molecular weight excluding hydrogens is 288 g/mol. The monoisotopic (exact) mass is 306 g/mol. The molecule has 0 aliphatic carbocycles. The third-order valence-electron chi connectivity index (χ3n) is 2.65. The van der Waals surface area contributed by atoms with Gasteiger partial charge in [-0.05, 0) is 32.0 Å². The second-order valence-electron chi connectivity index (χ2n) is 4.84. The third kappa shape index (κ3) is 4.81. The van der Waals surface area contributed by atoms with Gasteiger partial charge in [0, 0.05) is 18.5 Å². The van der Waals surface area contributed by atoms with E-state index < -0.39 is 15.3 Å². The molecule has 3 N–H and O–H groups in total. The van der Waals surface area contributed by atoms with E-state index in [-0.39, 0.29) is 29.8 Å². The van der Waals surface area contributed by atoms with Crippen LogP contribution in [0.1, 0.15) is 13.8 Å². The van der Waals surface area contributed by atoms with Gasteiger partial charge in [-0.2, -0.15) is 0 Å². The van der Waals surface area contributed by atoms with Crippen LogP contribution < -0.4 is 11.1 Å². The minimum Gasteiger partial charge on any atom is -0.329 e. The van der Waals surface area contributed by atoms with Gasteiger partial charge in [0.05, 0.1) is 10.3 Å². The highest BCUT2D eigenvalue weighted by Crippen LogP contribution is 2.19. The van der Waals surface area contributed by atoms with E-state index in [0.29, 0.717) is 5.69 Å². The Hall–Kier alpha value is -1.11. The summed E-state index contributed by atoms with van der Waals surface area (Å²) in [4.78, 5) is 12.1. The molecule has 0 aromatic heterocycles. The van der Waals surface area contributed by atoms with Gasteiger partial charge in [0.2, 0.25) is 5.91 Å². The van der Waals surface area contributed by atoms with Crippen LogP contribution in [0.2, 0.25) is 0 Å². The van der Waals surface area contributed by atoms with Crippen LogP contribution >= 0.6 is 12.4 Å². The third-order valence-corrected chi connectivity index (χ3v) is 3.76. The van der Waals surface area contributed by atoms with E-state index in [1.54, 1.807) is 26.0 Å². The highest BCUT2D eigenvalue weighted by Gasteiger charge is 2.25. The van der Waals surface area contributed by atoms with E-state index in [1.165, 1.54) is 12.1 Å². The Morgan fingerprint density at radius 3 is 2.42 bits per heavy atom. The van der Waals surface area contributed by atoms with Crippen molar-refractivity contribution in [3.8, 4) is 0 Å². The van der Waals surface area contributed by atoms with Crippen molar-refractivity contribution in [2.45, 2.75) is 18.7 Å². The largest absolute Gasteiger partial charge is 0.329 e. The Morgan fingerprint density at radius 1 is 1.37 bits per heavy atom. The molecule has 0 bridgehead atoms. The highest BCUT2D eigenvalue weighted by molar-refractivity contribution is 7.90. The van der Waals surface area contributed by atoms with Crippen LogP contribution in [0.4, 0.5) is 5.69 Å². The van der Waals surface area contributed by atoms with Gasteiger partial charge in [0.25, 0.3) is 0 Å². The average molecular weight is 307 g/mol. The van der Waals surface area contributed by atoms with Gasteiger partial charge >= 0.3 is 0 Å². The first kappa shape index (κ1) is 17.9. The Bertz CT molecular complexity index is 556. The van der Waals surface area contributed by atoms with Gasteiger partial charge in [-0.3, -0.25) is 4.79 Å². The van der Waals surface area contributed by atoms with Crippen molar-refractivity contribution in [1.29, 1.82) is 0 Å². The number of halogens is 1. The zero-order valence-electron chi connectivity index (χ0n) is 11.1. The molecular formula is C12H19ClN2O3S. The molecule has 0 heterocycles. The van der Waals surface area contributed by atoms with Crippen molar-refractivity contribution < 1.29 is 13.2 Å². The minimum atomic E-state index is -3.28. The molecule has 0 saturated heterocycles. The predicted molar refractivity (Wildman–Crippen MR) is 78.3 cm³/mol. The smallest absolute Gasteiger partial charge is 0.231 e. The lowest BCUT2D eigenvalue weighted by Crippen LogP contribution is -2.37. The normalized spacial score (nSPS) is 11.6. The van der Waals surface area contributed by atoms with Gasteiger partial charge in [0.1, 0.15) is 0 Å². The van der Waals surface area contributed by atoms with Crippen LogP contribution in [0.3, 0.4) is 0 Å². The fraction of sp³-hybridized carbons (Fsp3) is 0.417. The van der Waals surface area contributed by atoms with Crippen LogP contribution in [0.5, 0.6) is 0 Å². The summed E-state index contributed by atoms with van der Waals surface area (Å²) >= 11 is 0. The minimum absolute atomic E-state index is 0. The Morgan fingerprint density at radius 2 is 1.95 bits per heavy atom.